The van der Waals surface area contributed by atoms with Gasteiger partial charge in [-0.25, -0.2) is 4.79 Å². The molecule has 0 aliphatic carbocycles. The summed E-state index contributed by atoms with van der Waals surface area (Å²) in [4.78, 5) is 12.0. The molecule has 0 unspecified atom stereocenters. The van der Waals surface area contributed by atoms with Crippen molar-refractivity contribution in [1.29, 1.82) is 0 Å². The predicted octanol–water partition coefficient (Wildman–Crippen LogP) is 5.93. The molecule has 0 N–H and O–H groups in total. The lowest BCUT2D eigenvalue weighted by atomic mass is 10.1. The zero-order chi connectivity index (χ0) is 19.6. The van der Waals surface area contributed by atoms with Crippen molar-refractivity contribution in [1.82, 2.24) is 0 Å². The van der Waals surface area contributed by atoms with Crippen LogP contribution in [0.4, 0.5) is 13.2 Å². The SMILES string of the molecule is COC(=O)c1ccc2cc(Br)sc2c1OCc1ccc(OC(F)(F)F)cc1. The van der Waals surface area contributed by atoms with E-state index in [0.717, 1.165) is 13.9 Å². The Morgan fingerprint density at radius 3 is 2.48 bits per heavy atom. The maximum Gasteiger partial charge on any atom is 0.573 e. The van der Waals surface area contributed by atoms with Crippen molar-refractivity contribution in [2.75, 3.05) is 7.11 Å². The number of hydrogen-bond acceptors (Lipinski definition) is 5. The first kappa shape index (κ1) is 19.5. The Morgan fingerprint density at radius 1 is 1.15 bits per heavy atom. The number of fused-ring (bicyclic) bond motifs is 1. The number of thiophene rings is 1. The molecule has 1 aromatic heterocycles. The number of esters is 1. The van der Waals surface area contributed by atoms with E-state index in [0.29, 0.717) is 11.3 Å². The van der Waals surface area contributed by atoms with Crippen molar-refractivity contribution >= 4 is 43.3 Å². The smallest absolute Gasteiger partial charge is 0.486 e. The molecule has 1 heterocycles. The normalized spacial score (nSPS) is 11.4. The van der Waals surface area contributed by atoms with Gasteiger partial charge in [-0.15, -0.1) is 24.5 Å². The Labute approximate surface area is 164 Å². The second-order valence-corrected chi connectivity index (χ2v) is 7.81. The van der Waals surface area contributed by atoms with E-state index in [4.69, 9.17) is 9.47 Å². The predicted molar refractivity (Wildman–Crippen MR) is 98.3 cm³/mol. The second kappa shape index (κ2) is 7.77. The molecule has 3 rings (SSSR count). The summed E-state index contributed by atoms with van der Waals surface area (Å²) >= 11 is 4.81. The van der Waals surface area contributed by atoms with Crippen molar-refractivity contribution in [2.24, 2.45) is 0 Å². The summed E-state index contributed by atoms with van der Waals surface area (Å²) in [7, 11) is 1.28. The molecule has 0 spiro atoms. The molecule has 0 bridgehead atoms. The van der Waals surface area contributed by atoms with Crippen LogP contribution in [0.5, 0.6) is 11.5 Å². The summed E-state index contributed by atoms with van der Waals surface area (Å²) in [6.45, 7) is 0.0604. The molecule has 0 aliphatic heterocycles. The Hall–Kier alpha value is -2.26. The number of methoxy groups -OCH3 is 1. The number of halogens is 4. The molecule has 9 heteroatoms. The van der Waals surface area contributed by atoms with Crippen molar-refractivity contribution in [3.8, 4) is 11.5 Å². The lowest BCUT2D eigenvalue weighted by Gasteiger charge is -2.12. The number of benzene rings is 2. The maximum atomic E-state index is 12.2. The molecule has 0 aliphatic rings. The molecule has 0 saturated carbocycles. The van der Waals surface area contributed by atoms with Gasteiger partial charge >= 0.3 is 12.3 Å². The van der Waals surface area contributed by atoms with E-state index in [-0.39, 0.29) is 17.9 Å². The minimum atomic E-state index is -4.74. The lowest BCUT2D eigenvalue weighted by Crippen LogP contribution is -2.17. The minimum Gasteiger partial charge on any atom is -0.486 e. The van der Waals surface area contributed by atoms with Gasteiger partial charge in [0.05, 0.1) is 15.6 Å². The highest BCUT2D eigenvalue weighted by Crippen LogP contribution is 2.39. The number of ether oxygens (including phenoxy) is 3. The van der Waals surface area contributed by atoms with Gasteiger partial charge in [0, 0.05) is 0 Å². The highest BCUT2D eigenvalue weighted by Gasteiger charge is 2.31. The highest BCUT2D eigenvalue weighted by molar-refractivity contribution is 9.11. The monoisotopic (exact) mass is 460 g/mol. The highest BCUT2D eigenvalue weighted by atomic mass is 79.9. The number of alkyl halides is 3. The molecule has 2 aromatic carbocycles. The third-order valence-corrected chi connectivity index (χ3v) is 5.21. The lowest BCUT2D eigenvalue weighted by molar-refractivity contribution is -0.274. The third-order valence-electron chi connectivity index (χ3n) is 3.56. The summed E-state index contributed by atoms with van der Waals surface area (Å²) in [5.74, 6) is -0.484. The van der Waals surface area contributed by atoms with Crippen LogP contribution >= 0.6 is 27.3 Å². The van der Waals surface area contributed by atoms with E-state index < -0.39 is 12.3 Å². The molecule has 0 saturated heterocycles. The van der Waals surface area contributed by atoms with Gasteiger partial charge in [-0.05, 0) is 51.1 Å². The zero-order valence-electron chi connectivity index (χ0n) is 13.8. The molecular formula is C18H12BrF3O4S. The van der Waals surface area contributed by atoms with Crippen LogP contribution in [0.15, 0.2) is 46.3 Å². The first-order valence-corrected chi connectivity index (χ1v) is 9.15. The first-order valence-electron chi connectivity index (χ1n) is 7.54. The average molecular weight is 461 g/mol. The van der Waals surface area contributed by atoms with E-state index in [1.165, 1.54) is 42.7 Å². The molecule has 4 nitrogen and oxygen atoms in total. The second-order valence-electron chi connectivity index (χ2n) is 5.38. The van der Waals surface area contributed by atoms with Crippen molar-refractivity contribution in [3.05, 3.63) is 57.4 Å². The van der Waals surface area contributed by atoms with Crippen LogP contribution in [-0.4, -0.2) is 19.4 Å². The van der Waals surface area contributed by atoms with E-state index in [2.05, 4.69) is 20.7 Å². The van der Waals surface area contributed by atoms with Crippen LogP contribution in [0.2, 0.25) is 0 Å². The Balaban J connectivity index is 1.84. The molecule has 142 valence electrons. The fourth-order valence-electron chi connectivity index (χ4n) is 2.40. The fourth-order valence-corrected chi connectivity index (χ4v) is 4.02. The van der Waals surface area contributed by atoms with Gasteiger partial charge in [0.25, 0.3) is 0 Å². The topological polar surface area (TPSA) is 44.8 Å². The minimum absolute atomic E-state index is 0.0604. The van der Waals surface area contributed by atoms with Crippen molar-refractivity contribution in [2.45, 2.75) is 13.0 Å². The van der Waals surface area contributed by atoms with E-state index in [1.54, 1.807) is 12.1 Å². The van der Waals surface area contributed by atoms with Crippen LogP contribution in [0.25, 0.3) is 10.1 Å². The number of rotatable bonds is 5. The summed E-state index contributed by atoms with van der Waals surface area (Å²) in [6.07, 6.45) is -4.74. The van der Waals surface area contributed by atoms with Crippen LogP contribution in [0, 0.1) is 0 Å². The standard InChI is InChI=1S/C18H12BrF3O4S/c1-24-17(23)13-7-4-11-8-14(19)27-16(11)15(13)25-9-10-2-5-12(6-3-10)26-18(20,21)22/h2-8H,9H2,1H3. The van der Waals surface area contributed by atoms with Gasteiger partial charge in [0.15, 0.2) is 5.75 Å². The van der Waals surface area contributed by atoms with Crippen molar-refractivity contribution < 1.29 is 32.2 Å². The summed E-state index contributed by atoms with van der Waals surface area (Å²) in [5.41, 5.74) is 0.893. The van der Waals surface area contributed by atoms with Gasteiger partial charge < -0.3 is 14.2 Å². The van der Waals surface area contributed by atoms with Gasteiger partial charge in [-0.3, -0.25) is 0 Å². The number of carbonyl (C=O) groups is 1. The fraction of sp³-hybridized carbons (Fsp3) is 0.167. The quantitative estimate of drug-likeness (QED) is 0.442. The largest absolute Gasteiger partial charge is 0.573 e. The molecule has 0 atom stereocenters. The molecule has 27 heavy (non-hydrogen) atoms. The number of hydrogen-bond donors (Lipinski definition) is 0. The van der Waals surface area contributed by atoms with Gasteiger partial charge in [-0.1, -0.05) is 18.2 Å². The molecule has 0 fully saturated rings. The maximum absolute atomic E-state index is 12.2. The summed E-state index contributed by atoms with van der Waals surface area (Å²) < 4.78 is 52.8. The van der Waals surface area contributed by atoms with Crippen LogP contribution < -0.4 is 9.47 Å². The van der Waals surface area contributed by atoms with E-state index in [1.807, 2.05) is 6.07 Å². The summed E-state index contributed by atoms with van der Waals surface area (Å²) in [5, 5.41) is 0.892. The van der Waals surface area contributed by atoms with Gasteiger partial charge in [-0.2, -0.15) is 0 Å². The molecule has 3 aromatic rings. The van der Waals surface area contributed by atoms with Crippen LogP contribution in [0.1, 0.15) is 15.9 Å². The first-order chi connectivity index (χ1) is 12.8. The van der Waals surface area contributed by atoms with Gasteiger partial charge in [0.2, 0.25) is 0 Å². The molecule has 0 amide bonds. The Kier molecular flexibility index (Phi) is 5.61. The van der Waals surface area contributed by atoms with Crippen molar-refractivity contribution in [3.63, 3.8) is 0 Å². The van der Waals surface area contributed by atoms with E-state index in [9.17, 15) is 18.0 Å². The molecular weight excluding hydrogens is 449 g/mol. The third kappa shape index (κ3) is 4.72. The van der Waals surface area contributed by atoms with Crippen LogP contribution in [-0.2, 0) is 11.3 Å². The van der Waals surface area contributed by atoms with Gasteiger partial charge in [0.1, 0.15) is 17.9 Å². The number of carbonyl (C=O) groups excluding carboxylic acids is 1. The Morgan fingerprint density at radius 2 is 1.85 bits per heavy atom. The van der Waals surface area contributed by atoms with Crippen LogP contribution in [0.3, 0.4) is 0 Å². The Bertz CT molecular complexity index is 967. The molecule has 0 radical (unpaired) electrons. The zero-order valence-corrected chi connectivity index (χ0v) is 16.2. The summed E-state index contributed by atoms with van der Waals surface area (Å²) in [6, 6.07) is 10.6. The average Bonchev–Trinajstić information content (AvgIpc) is 2.99. The van der Waals surface area contributed by atoms with E-state index >= 15 is 0 Å².